The van der Waals surface area contributed by atoms with Crippen molar-refractivity contribution in [2.45, 2.75) is 43.5 Å². The summed E-state index contributed by atoms with van der Waals surface area (Å²) in [4.78, 5) is 11.3. The molecule has 20 heavy (non-hydrogen) atoms. The standard InChI is InChI=1S/C16H22O3S/c17-16(18)15(12-13-6-2-1-3-7-13)20-11-5-9-14-8-4-10-19-14/h1-3,6-7,14-15H,4-5,8-12H2,(H,17,18). The summed E-state index contributed by atoms with van der Waals surface area (Å²) < 4.78 is 5.58. The molecule has 1 aromatic carbocycles. The predicted octanol–water partition coefficient (Wildman–Crippen LogP) is 3.37. The van der Waals surface area contributed by atoms with E-state index in [2.05, 4.69) is 0 Å². The van der Waals surface area contributed by atoms with Crippen LogP contribution in [-0.4, -0.2) is 34.8 Å². The van der Waals surface area contributed by atoms with Crippen LogP contribution in [0.3, 0.4) is 0 Å². The predicted molar refractivity (Wildman–Crippen MR) is 82.2 cm³/mol. The second kappa shape index (κ2) is 8.32. The van der Waals surface area contributed by atoms with Crippen LogP contribution >= 0.6 is 11.8 Å². The molecule has 0 aromatic heterocycles. The van der Waals surface area contributed by atoms with E-state index >= 15 is 0 Å². The second-order valence-corrected chi connectivity index (χ2v) is 6.48. The van der Waals surface area contributed by atoms with Crippen LogP contribution in [0, 0.1) is 0 Å². The first-order valence-corrected chi connectivity index (χ1v) is 8.30. The molecule has 0 spiro atoms. The number of aliphatic carboxylic acids is 1. The molecule has 110 valence electrons. The molecule has 0 bridgehead atoms. The van der Waals surface area contributed by atoms with E-state index in [0.717, 1.165) is 37.2 Å². The molecule has 4 heteroatoms. The Morgan fingerprint density at radius 1 is 1.40 bits per heavy atom. The Kier molecular flexibility index (Phi) is 6.40. The first kappa shape index (κ1) is 15.4. The molecule has 2 atom stereocenters. The molecule has 1 heterocycles. The van der Waals surface area contributed by atoms with Gasteiger partial charge in [0.15, 0.2) is 0 Å². The Labute approximate surface area is 124 Å². The number of ether oxygens (including phenoxy) is 1. The number of carboxylic acids is 1. The normalized spacial score (nSPS) is 19.9. The zero-order valence-electron chi connectivity index (χ0n) is 11.7. The van der Waals surface area contributed by atoms with Gasteiger partial charge in [-0.25, -0.2) is 0 Å². The fourth-order valence-corrected chi connectivity index (χ4v) is 3.53. The largest absolute Gasteiger partial charge is 0.480 e. The van der Waals surface area contributed by atoms with Crippen LogP contribution in [0.15, 0.2) is 30.3 Å². The van der Waals surface area contributed by atoms with Crippen LogP contribution in [0.1, 0.15) is 31.2 Å². The molecule has 0 saturated carbocycles. The molecule has 0 aliphatic carbocycles. The zero-order valence-corrected chi connectivity index (χ0v) is 12.5. The first-order chi connectivity index (χ1) is 9.75. The molecule has 1 N–H and O–H groups in total. The summed E-state index contributed by atoms with van der Waals surface area (Å²) in [5, 5.41) is 8.95. The number of carboxylic acid groups (broad SMARTS) is 1. The Hall–Kier alpha value is -1.00. The van der Waals surface area contributed by atoms with Crippen LogP contribution in [0.5, 0.6) is 0 Å². The maximum atomic E-state index is 11.3. The molecular weight excluding hydrogens is 272 g/mol. The van der Waals surface area contributed by atoms with E-state index in [0.29, 0.717) is 12.5 Å². The lowest BCUT2D eigenvalue weighted by Gasteiger charge is -2.13. The lowest BCUT2D eigenvalue weighted by atomic mass is 10.1. The van der Waals surface area contributed by atoms with Crippen molar-refractivity contribution >= 4 is 17.7 Å². The lowest BCUT2D eigenvalue weighted by Crippen LogP contribution is -2.20. The van der Waals surface area contributed by atoms with E-state index in [1.807, 2.05) is 30.3 Å². The van der Waals surface area contributed by atoms with Crippen molar-refractivity contribution in [3.05, 3.63) is 35.9 Å². The fraction of sp³-hybridized carbons (Fsp3) is 0.562. The number of rotatable bonds is 8. The van der Waals surface area contributed by atoms with Crippen molar-refractivity contribution in [3.63, 3.8) is 0 Å². The Balaban J connectivity index is 1.70. The molecule has 1 saturated heterocycles. The van der Waals surface area contributed by atoms with Gasteiger partial charge in [-0.15, -0.1) is 11.8 Å². The molecule has 1 aromatic rings. The summed E-state index contributed by atoms with van der Waals surface area (Å²) in [6.07, 6.45) is 5.44. The average Bonchev–Trinajstić information content (AvgIpc) is 2.96. The molecular formula is C16H22O3S. The first-order valence-electron chi connectivity index (χ1n) is 7.25. The SMILES string of the molecule is O=C(O)C(Cc1ccccc1)SCCCC1CCCO1. The minimum atomic E-state index is -0.712. The number of carbonyl (C=O) groups is 1. The molecule has 0 amide bonds. The van der Waals surface area contributed by atoms with Crippen LogP contribution in [0.2, 0.25) is 0 Å². The smallest absolute Gasteiger partial charge is 0.316 e. The van der Waals surface area contributed by atoms with E-state index in [9.17, 15) is 9.90 Å². The highest BCUT2D eigenvalue weighted by molar-refractivity contribution is 8.00. The highest BCUT2D eigenvalue weighted by atomic mass is 32.2. The van der Waals surface area contributed by atoms with Gasteiger partial charge in [0.1, 0.15) is 5.25 Å². The van der Waals surface area contributed by atoms with Crippen LogP contribution < -0.4 is 0 Å². The maximum Gasteiger partial charge on any atom is 0.316 e. The van der Waals surface area contributed by atoms with Crippen LogP contribution in [0.25, 0.3) is 0 Å². The van der Waals surface area contributed by atoms with E-state index in [-0.39, 0.29) is 5.25 Å². The fourth-order valence-electron chi connectivity index (χ4n) is 2.45. The number of hydrogen-bond acceptors (Lipinski definition) is 3. The van der Waals surface area contributed by atoms with Gasteiger partial charge in [-0.1, -0.05) is 30.3 Å². The third-order valence-electron chi connectivity index (χ3n) is 3.55. The molecule has 2 unspecified atom stereocenters. The zero-order chi connectivity index (χ0) is 14.2. The molecule has 1 aliphatic rings. The third-order valence-corrected chi connectivity index (χ3v) is 4.85. The van der Waals surface area contributed by atoms with Crippen molar-refractivity contribution < 1.29 is 14.6 Å². The van der Waals surface area contributed by atoms with E-state index in [1.165, 1.54) is 6.42 Å². The lowest BCUT2D eigenvalue weighted by molar-refractivity contribution is -0.136. The second-order valence-electron chi connectivity index (χ2n) is 5.16. The molecule has 1 aliphatic heterocycles. The Morgan fingerprint density at radius 3 is 2.85 bits per heavy atom. The minimum Gasteiger partial charge on any atom is -0.480 e. The summed E-state index contributed by atoms with van der Waals surface area (Å²) in [6, 6.07) is 9.84. The van der Waals surface area contributed by atoms with Crippen molar-refractivity contribution in [1.82, 2.24) is 0 Å². The summed E-state index contributed by atoms with van der Waals surface area (Å²) in [5.41, 5.74) is 1.09. The maximum absolute atomic E-state index is 11.3. The van der Waals surface area contributed by atoms with Gasteiger partial charge in [0.2, 0.25) is 0 Å². The minimum absolute atomic E-state index is 0.345. The molecule has 1 fully saturated rings. The van der Waals surface area contributed by atoms with Gasteiger partial charge in [0.05, 0.1) is 6.10 Å². The van der Waals surface area contributed by atoms with Gasteiger partial charge >= 0.3 is 5.97 Å². The summed E-state index contributed by atoms with van der Waals surface area (Å²) in [6.45, 7) is 0.892. The van der Waals surface area contributed by atoms with Crippen LogP contribution in [0.4, 0.5) is 0 Å². The van der Waals surface area contributed by atoms with Gasteiger partial charge in [-0.3, -0.25) is 4.79 Å². The van der Waals surface area contributed by atoms with Gasteiger partial charge in [-0.2, -0.15) is 0 Å². The Morgan fingerprint density at radius 2 is 2.20 bits per heavy atom. The van der Waals surface area contributed by atoms with Crippen LogP contribution in [-0.2, 0) is 16.0 Å². The van der Waals surface area contributed by atoms with Crippen molar-refractivity contribution in [2.75, 3.05) is 12.4 Å². The summed E-state index contributed by atoms with van der Waals surface area (Å²) >= 11 is 1.55. The monoisotopic (exact) mass is 294 g/mol. The van der Waals surface area contributed by atoms with E-state index in [1.54, 1.807) is 11.8 Å². The van der Waals surface area contributed by atoms with Crippen molar-refractivity contribution in [1.29, 1.82) is 0 Å². The quantitative estimate of drug-likeness (QED) is 0.747. The van der Waals surface area contributed by atoms with Gasteiger partial charge in [0, 0.05) is 6.61 Å². The molecule has 3 nitrogen and oxygen atoms in total. The highest BCUT2D eigenvalue weighted by Gasteiger charge is 2.19. The third kappa shape index (κ3) is 5.17. The van der Waals surface area contributed by atoms with Crippen molar-refractivity contribution in [2.24, 2.45) is 0 Å². The average molecular weight is 294 g/mol. The van der Waals surface area contributed by atoms with Gasteiger partial charge < -0.3 is 9.84 Å². The number of benzene rings is 1. The number of thioether (sulfide) groups is 1. The summed E-state index contributed by atoms with van der Waals surface area (Å²) in [7, 11) is 0. The van der Waals surface area contributed by atoms with Crippen molar-refractivity contribution in [3.8, 4) is 0 Å². The van der Waals surface area contributed by atoms with Gasteiger partial charge in [-0.05, 0) is 43.4 Å². The number of hydrogen-bond donors (Lipinski definition) is 1. The topological polar surface area (TPSA) is 46.5 Å². The molecule has 2 rings (SSSR count). The van der Waals surface area contributed by atoms with Gasteiger partial charge in [0.25, 0.3) is 0 Å². The summed E-state index contributed by atoms with van der Waals surface area (Å²) in [5.74, 6) is 0.180. The Bertz CT molecular complexity index is 401. The highest BCUT2D eigenvalue weighted by Crippen LogP contribution is 2.22. The van der Waals surface area contributed by atoms with E-state index in [4.69, 9.17) is 4.74 Å². The molecule has 0 radical (unpaired) electrons. The van der Waals surface area contributed by atoms with E-state index < -0.39 is 5.97 Å².